The molecule has 0 unspecified atom stereocenters. The van der Waals surface area contributed by atoms with Crippen LogP contribution in [-0.4, -0.2) is 31.8 Å². The summed E-state index contributed by atoms with van der Waals surface area (Å²) < 4.78 is 4.56. The van der Waals surface area contributed by atoms with Gasteiger partial charge in [-0.3, -0.25) is 4.79 Å². The van der Waals surface area contributed by atoms with Gasteiger partial charge >= 0.3 is 5.97 Å². The maximum Gasteiger partial charge on any atom is 0.305 e. The van der Waals surface area contributed by atoms with Gasteiger partial charge in [0.05, 0.1) is 7.11 Å². The first-order valence-electron chi connectivity index (χ1n) is 5.20. The first-order valence-corrected chi connectivity index (χ1v) is 5.20. The SMILES string of the molecule is COC(=O)CCCN(C)c1ccc(O)cc1. The molecule has 1 aromatic carbocycles. The van der Waals surface area contributed by atoms with Gasteiger partial charge in [-0.1, -0.05) is 0 Å². The molecule has 0 aliphatic heterocycles. The van der Waals surface area contributed by atoms with E-state index < -0.39 is 0 Å². The van der Waals surface area contributed by atoms with Crippen molar-refractivity contribution < 1.29 is 14.6 Å². The molecule has 0 spiro atoms. The minimum absolute atomic E-state index is 0.181. The Labute approximate surface area is 95.5 Å². The fraction of sp³-hybridized carbons (Fsp3) is 0.417. The maximum absolute atomic E-state index is 10.9. The highest BCUT2D eigenvalue weighted by molar-refractivity contribution is 5.69. The summed E-state index contributed by atoms with van der Waals surface area (Å²) in [4.78, 5) is 12.9. The van der Waals surface area contributed by atoms with Crippen molar-refractivity contribution in [3.8, 4) is 5.75 Å². The smallest absolute Gasteiger partial charge is 0.305 e. The standard InChI is InChI=1S/C12H17NO3/c1-13(9-3-4-12(15)16-2)10-5-7-11(14)8-6-10/h5-8,14H,3-4,9H2,1-2H3. The highest BCUT2D eigenvalue weighted by Crippen LogP contribution is 2.17. The third-order valence-corrected chi connectivity index (χ3v) is 2.39. The molecule has 0 amide bonds. The number of ether oxygens (including phenoxy) is 1. The van der Waals surface area contributed by atoms with Gasteiger partial charge < -0.3 is 14.7 Å². The zero-order chi connectivity index (χ0) is 12.0. The Morgan fingerprint density at radius 1 is 1.38 bits per heavy atom. The van der Waals surface area contributed by atoms with Crippen LogP contribution in [-0.2, 0) is 9.53 Å². The zero-order valence-electron chi connectivity index (χ0n) is 9.64. The molecule has 1 N–H and O–H groups in total. The van der Waals surface area contributed by atoms with E-state index in [1.165, 1.54) is 7.11 Å². The molecule has 0 saturated carbocycles. The van der Waals surface area contributed by atoms with E-state index >= 15 is 0 Å². The van der Waals surface area contributed by atoms with Crippen LogP contribution in [0.2, 0.25) is 0 Å². The van der Waals surface area contributed by atoms with Crippen molar-refractivity contribution in [1.82, 2.24) is 0 Å². The highest BCUT2D eigenvalue weighted by Gasteiger charge is 2.03. The quantitative estimate of drug-likeness (QED) is 0.773. The van der Waals surface area contributed by atoms with Gasteiger partial charge in [0.15, 0.2) is 0 Å². The first-order chi connectivity index (χ1) is 7.63. The molecule has 0 bridgehead atoms. The van der Waals surface area contributed by atoms with Crippen molar-refractivity contribution in [2.24, 2.45) is 0 Å². The lowest BCUT2D eigenvalue weighted by Crippen LogP contribution is -2.19. The van der Waals surface area contributed by atoms with Crippen LogP contribution < -0.4 is 4.90 Å². The number of phenols is 1. The van der Waals surface area contributed by atoms with E-state index in [1.807, 2.05) is 24.1 Å². The van der Waals surface area contributed by atoms with Crippen molar-refractivity contribution in [3.05, 3.63) is 24.3 Å². The van der Waals surface area contributed by atoms with Gasteiger partial charge in [-0.25, -0.2) is 0 Å². The van der Waals surface area contributed by atoms with Crippen molar-refractivity contribution in [2.75, 3.05) is 25.6 Å². The topological polar surface area (TPSA) is 49.8 Å². The third-order valence-electron chi connectivity index (χ3n) is 2.39. The van der Waals surface area contributed by atoms with Crippen LogP contribution in [0.4, 0.5) is 5.69 Å². The number of nitrogens with zero attached hydrogens (tertiary/aromatic N) is 1. The average Bonchev–Trinajstić information content (AvgIpc) is 2.29. The van der Waals surface area contributed by atoms with E-state index in [9.17, 15) is 4.79 Å². The van der Waals surface area contributed by atoms with E-state index in [2.05, 4.69) is 4.74 Å². The van der Waals surface area contributed by atoms with E-state index in [1.54, 1.807) is 12.1 Å². The van der Waals surface area contributed by atoms with Crippen LogP contribution in [0.15, 0.2) is 24.3 Å². The number of anilines is 1. The van der Waals surface area contributed by atoms with Crippen molar-refractivity contribution in [2.45, 2.75) is 12.8 Å². The summed E-state index contributed by atoms with van der Waals surface area (Å²) >= 11 is 0. The average molecular weight is 223 g/mol. The van der Waals surface area contributed by atoms with Gasteiger partial charge in [-0.2, -0.15) is 0 Å². The van der Waals surface area contributed by atoms with Crippen LogP contribution in [0.5, 0.6) is 5.75 Å². The summed E-state index contributed by atoms with van der Waals surface area (Å²) in [5.41, 5.74) is 1.02. The summed E-state index contributed by atoms with van der Waals surface area (Å²) in [6, 6.07) is 6.97. The lowest BCUT2D eigenvalue weighted by Gasteiger charge is -2.18. The Kier molecular flexibility index (Phi) is 4.64. The van der Waals surface area contributed by atoms with Crippen molar-refractivity contribution in [1.29, 1.82) is 0 Å². The number of benzene rings is 1. The second-order valence-corrected chi connectivity index (χ2v) is 3.62. The fourth-order valence-electron chi connectivity index (χ4n) is 1.40. The number of rotatable bonds is 5. The molecule has 1 aromatic rings. The van der Waals surface area contributed by atoms with E-state index in [0.29, 0.717) is 6.42 Å². The Morgan fingerprint density at radius 2 is 2.00 bits per heavy atom. The summed E-state index contributed by atoms with van der Waals surface area (Å²) in [7, 11) is 3.34. The number of methoxy groups -OCH3 is 1. The Morgan fingerprint density at radius 3 is 2.56 bits per heavy atom. The lowest BCUT2D eigenvalue weighted by molar-refractivity contribution is -0.140. The van der Waals surface area contributed by atoms with Gasteiger partial charge in [-0.05, 0) is 30.7 Å². The van der Waals surface area contributed by atoms with Gasteiger partial charge in [0, 0.05) is 25.7 Å². The van der Waals surface area contributed by atoms with Crippen LogP contribution >= 0.6 is 0 Å². The highest BCUT2D eigenvalue weighted by atomic mass is 16.5. The predicted octanol–water partition coefficient (Wildman–Crippen LogP) is 1.78. The predicted molar refractivity (Wildman–Crippen MR) is 62.6 cm³/mol. The number of hydrogen-bond donors (Lipinski definition) is 1. The summed E-state index contributed by atoms with van der Waals surface area (Å²) in [5, 5.41) is 9.14. The van der Waals surface area contributed by atoms with E-state index in [-0.39, 0.29) is 11.7 Å². The van der Waals surface area contributed by atoms with Gasteiger partial charge in [0.1, 0.15) is 5.75 Å². The number of phenolic OH excluding ortho intramolecular Hbond substituents is 1. The number of carbonyl (C=O) groups is 1. The van der Waals surface area contributed by atoms with Crippen LogP contribution in [0.1, 0.15) is 12.8 Å². The van der Waals surface area contributed by atoms with Crippen LogP contribution in [0.25, 0.3) is 0 Å². The molecule has 0 aliphatic carbocycles. The number of carbonyl (C=O) groups excluding carboxylic acids is 1. The Hall–Kier alpha value is -1.71. The van der Waals surface area contributed by atoms with Gasteiger partial charge in [0.2, 0.25) is 0 Å². The van der Waals surface area contributed by atoms with Crippen LogP contribution in [0, 0.1) is 0 Å². The zero-order valence-corrected chi connectivity index (χ0v) is 9.64. The molecule has 88 valence electrons. The monoisotopic (exact) mass is 223 g/mol. The lowest BCUT2D eigenvalue weighted by atomic mass is 10.2. The van der Waals surface area contributed by atoms with E-state index in [0.717, 1.165) is 18.7 Å². The third kappa shape index (κ3) is 3.81. The Balaban J connectivity index is 2.37. The fourth-order valence-corrected chi connectivity index (χ4v) is 1.40. The second kappa shape index (κ2) is 6.00. The second-order valence-electron chi connectivity index (χ2n) is 3.62. The molecule has 0 aliphatic rings. The van der Waals surface area contributed by atoms with Crippen molar-refractivity contribution >= 4 is 11.7 Å². The molecule has 4 heteroatoms. The van der Waals surface area contributed by atoms with Gasteiger partial charge in [0.25, 0.3) is 0 Å². The minimum atomic E-state index is -0.181. The molecule has 0 radical (unpaired) electrons. The van der Waals surface area contributed by atoms with Gasteiger partial charge in [-0.15, -0.1) is 0 Å². The maximum atomic E-state index is 10.9. The summed E-state index contributed by atoms with van der Waals surface area (Å²) in [5.74, 6) is 0.0748. The molecule has 0 aromatic heterocycles. The molecule has 0 fully saturated rings. The largest absolute Gasteiger partial charge is 0.508 e. The summed E-state index contributed by atoms with van der Waals surface area (Å²) in [6.45, 7) is 0.778. The molecule has 4 nitrogen and oxygen atoms in total. The molecule has 0 heterocycles. The minimum Gasteiger partial charge on any atom is -0.508 e. The number of esters is 1. The molecule has 1 rings (SSSR count). The number of aromatic hydroxyl groups is 1. The van der Waals surface area contributed by atoms with Crippen molar-refractivity contribution in [3.63, 3.8) is 0 Å². The van der Waals surface area contributed by atoms with Crippen LogP contribution in [0.3, 0.4) is 0 Å². The number of hydrogen-bond acceptors (Lipinski definition) is 4. The molecule has 16 heavy (non-hydrogen) atoms. The van der Waals surface area contributed by atoms with E-state index in [4.69, 9.17) is 5.11 Å². The molecular formula is C12H17NO3. The summed E-state index contributed by atoms with van der Waals surface area (Å²) in [6.07, 6.45) is 1.18. The molecule has 0 atom stereocenters. The first kappa shape index (κ1) is 12.4. The molecular weight excluding hydrogens is 206 g/mol. The Bertz CT molecular complexity index is 335. The molecule has 0 saturated heterocycles. The normalized spacial score (nSPS) is 9.88.